The highest BCUT2D eigenvalue weighted by Crippen LogP contribution is 2.33. The molecule has 0 fully saturated rings. The van der Waals surface area contributed by atoms with Crippen molar-refractivity contribution in [1.82, 2.24) is 4.98 Å². The Morgan fingerprint density at radius 3 is 1.91 bits per heavy atom. The Hall–Kier alpha value is -1.76. The number of hydrogen-bond acceptors (Lipinski definition) is 1. The number of rotatable bonds is 2. The van der Waals surface area contributed by atoms with Crippen LogP contribution in [0.2, 0.25) is 0 Å². The van der Waals surface area contributed by atoms with Crippen LogP contribution in [0.5, 0.6) is 0 Å². The number of pyridine rings is 1. The van der Waals surface area contributed by atoms with Crippen LogP contribution in [-0.2, 0) is 18.2 Å². The summed E-state index contributed by atoms with van der Waals surface area (Å²) in [6.45, 7) is 0. The lowest BCUT2D eigenvalue weighted by Gasteiger charge is -2.11. The number of hydrogen-bond donors (Lipinski definition) is 0. The first-order valence-electron chi connectivity index (χ1n) is 5.93. The molecule has 0 amide bonds. The molecule has 0 saturated heterocycles. The average Bonchev–Trinajstić information content (AvgIpc) is 2.45. The smallest absolute Gasteiger partial charge is 0.243 e. The summed E-state index contributed by atoms with van der Waals surface area (Å²) in [6, 6.07) is 5.84. The van der Waals surface area contributed by atoms with E-state index in [2.05, 4.69) is 4.98 Å². The van der Waals surface area contributed by atoms with Crippen molar-refractivity contribution in [2.75, 3.05) is 0 Å². The van der Waals surface area contributed by atoms with E-state index in [0.717, 1.165) is 30.3 Å². The van der Waals surface area contributed by atoms with Crippen LogP contribution >= 0.6 is 11.6 Å². The predicted octanol–water partition coefficient (Wildman–Crippen LogP) is 5.53. The Morgan fingerprint density at radius 1 is 0.864 bits per heavy atom. The van der Waals surface area contributed by atoms with Crippen molar-refractivity contribution in [3.63, 3.8) is 0 Å². The molecule has 2 aromatic rings. The first-order chi connectivity index (χ1) is 10.1. The SMILES string of the molecule is FC(F)(F)c1ccc(-c2cc(CCl)cc(C(F)(F)F)n2)cc1. The Balaban J connectivity index is 2.48. The fourth-order valence-corrected chi connectivity index (χ4v) is 1.94. The molecule has 0 unspecified atom stereocenters. The van der Waals surface area contributed by atoms with E-state index in [1.165, 1.54) is 6.07 Å². The van der Waals surface area contributed by atoms with E-state index < -0.39 is 23.6 Å². The van der Waals surface area contributed by atoms with Gasteiger partial charge in [0.25, 0.3) is 0 Å². The molecule has 0 aliphatic heterocycles. The third kappa shape index (κ3) is 3.71. The van der Waals surface area contributed by atoms with Crippen molar-refractivity contribution in [2.24, 2.45) is 0 Å². The number of halogens is 7. The molecule has 1 nitrogen and oxygen atoms in total. The molecule has 22 heavy (non-hydrogen) atoms. The van der Waals surface area contributed by atoms with Crippen LogP contribution in [0, 0.1) is 0 Å². The van der Waals surface area contributed by atoms with Gasteiger partial charge < -0.3 is 0 Å². The van der Waals surface area contributed by atoms with Crippen LogP contribution in [0.1, 0.15) is 16.8 Å². The number of benzene rings is 1. The van der Waals surface area contributed by atoms with Crippen molar-refractivity contribution in [2.45, 2.75) is 18.2 Å². The highest BCUT2D eigenvalue weighted by molar-refractivity contribution is 6.17. The minimum atomic E-state index is -4.66. The predicted molar refractivity (Wildman–Crippen MR) is 69.2 cm³/mol. The lowest BCUT2D eigenvalue weighted by atomic mass is 10.1. The molecule has 0 spiro atoms. The van der Waals surface area contributed by atoms with Gasteiger partial charge in [-0.3, -0.25) is 0 Å². The zero-order chi connectivity index (χ0) is 16.5. The second-order valence-electron chi connectivity index (χ2n) is 4.45. The van der Waals surface area contributed by atoms with Crippen molar-refractivity contribution >= 4 is 11.6 Å². The Labute approximate surface area is 126 Å². The summed E-state index contributed by atoms with van der Waals surface area (Å²) in [4.78, 5) is 3.45. The average molecular weight is 340 g/mol. The van der Waals surface area contributed by atoms with E-state index in [1.54, 1.807) is 0 Å². The van der Waals surface area contributed by atoms with Crippen LogP contribution in [0.15, 0.2) is 36.4 Å². The van der Waals surface area contributed by atoms with Gasteiger partial charge in [0.1, 0.15) is 5.69 Å². The Bertz CT molecular complexity index is 661. The number of aromatic nitrogens is 1. The minimum Gasteiger partial charge on any atom is -0.243 e. The molecule has 118 valence electrons. The van der Waals surface area contributed by atoms with Gasteiger partial charge in [0, 0.05) is 11.4 Å². The van der Waals surface area contributed by atoms with Gasteiger partial charge in [0.2, 0.25) is 0 Å². The van der Waals surface area contributed by atoms with Gasteiger partial charge in [-0.25, -0.2) is 4.98 Å². The fourth-order valence-electron chi connectivity index (χ4n) is 1.79. The monoisotopic (exact) mass is 339 g/mol. The van der Waals surface area contributed by atoms with Crippen LogP contribution in [-0.4, -0.2) is 4.98 Å². The van der Waals surface area contributed by atoms with Gasteiger partial charge in [0.05, 0.1) is 11.3 Å². The van der Waals surface area contributed by atoms with Gasteiger partial charge in [-0.1, -0.05) is 12.1 Å². The normalized spacial score (nSPS) is 12.5. The second kappa shape index (κ2) is 5.79. The van der Waals surface area contributed by atoms with E-state index >= 15 is 0 Å². The molecule has 1 aromatic carbocycles. The zero-order valence-electron chi connectivity index (χ0n) is 10.8. The summed E-state index contributed by atoms with van der Waals surface area (Å²) >= 11 is 5.55. The lowest BCUT2D eigenvalue weighted by Crippen LogP contribution is -2.09. The standard InChI is InChI=1S/C14H8ClF6N/c15-7-8-5-11(22-12(6-8)14(19,20)21)9-1-3-10(4-2-9)13(16,17)18/h1-6H,7H2. The Morgan fingerprint density at radius 2 is 1.45 bits per heavy atom. The van der Waals surface area contributed by atoms with Gasteiger partial charge in [0.15, 0.2) is 0 Å². The van der Waals surface area contributed by atoms with Gasteiger partial charge in [-0.2, -0.15) is 26.3 Å². The Kier molecular flexibility index (Phi) is 4.37. The summed E-state index contributed by atoms with van der Waals surface area (Å²) in [7, 11) is 0. The van der Waals surface area contributed by atoms with Crippen LogP contribution in [0.4, 0.5) is 26.3 Å². The van der Waals surface area contributed by atoms with Gasteiger partial charge in [-0.05, 0) is 29.8 Å². The summed E-state index contributed by atoms with van der Waals surface area (Å²) in [5.41, 5.74) is -1.79. The molecule has 0 aliphatic carbocycles. The van der Waals surface area contributed by atoms with Crippen molar-refractivity contribution in [1.29, 1.82) is 0 Å². The van der Waals surface area contributed by atoms with Gasteiger partial charge in [-0.15, -0.1) is 11.6 Å². The zero-order valence-corrected chi connectivity index (χ0v) is 11.5. The number of alkyl halides is 7. The molecule has 0 radical (unpaired) electrons. The summed E-state index contributed by atoms with van der Waals surface area (Å²) in [5.74, 6) is -0.167. The molecule has 2 rings (SSSR count). The van der Waals surface area contributed by atoms with E-state index in [-0.39, 0.29) is 22.7 Å². The van der Waals surface area contributed by atoms with Gasteiger partial charge >= 0.3 is 12.4 Å². The lowest BCUT2D eigenvalue weighted by molar-refractivity contribution is -0.141. The summed E-state index contributed by atoms with van der Waals surface area (Å²) < 4.78 is 75.7. The molecule has 8 heteroatoms. The van der Waals surface area contributed by atoms with Crippen molar-refractivity contribution in [3.05, 3.63) is 53.2 Å². The van der Waals surface area contributed by atoms with E-state index in [9.17, 15) is 26.3 Å². The third-order valence-corrected chi connectivity index (χ3v) is 3.15. The molecule has 0 saturated carbocycles. The minimum absolute atomic E-state index is 0.0841. The molecule has 1 heterocycles. The van der Waals surface area contributed by atoms with Crippen LogP contribution < -0.4 is 0 Å². The van der Waals surface area contributed by atoms with Crippen LogP contribution in [0.3, 0.4) is 0 Å². The summed E-state index contributed by atoms with van der Waals surface area (Å²) in [6.07, 6.45) is -9.18. The largest absolute Gasteiger partial charge is 0.433 e. The topological polar surface area (TPSA) is 12.9 Å². The van der Waals surface area contributed by atoms with Crippen molar-refractivity contribution in [3.8, 4) is 11.3 Å². The maximum absolute atomic E-state index is 12.8. The fraction of sp³-hybridized carbons (Fsp3) is 0.214. The first kappa shape index (κ1) is 16.6. The highest BCUT2D eigenvalue weighted by atomic mass is 35.5. The maximum atomic E-state index is 12.8. The quantitative estimate of drug-likeness (QED) is 0.518. The molecular weight excluding hydrogens is 332 g/mol. The van der Waals surface area contributed by atoms with E-state index in [0.29, 0.717) is 0 Å². The second-order valence-corrected chi connectivity index (χ2v) is 4.72. The molecule has 0 N–H and O–H groups in total. The molecule has 0 atom stereocenters. The molecular formula is C14H8ClF6N. The highest BCUT2D eigenvalue weighted by Gasteiger charge is 2.33. The molecule has 1 aromatic heterocycles. The first-order valence-corrected chi connectivity index (χ1v) is 6.46. The van der Waals surface area contributed by atoms with E-state index in [4.69, 9.17) is 11.6 Å². The summed E-state index contributed by atoms with van der Waals surface area (Å²) in [5, 5.41) is 0. The molecule has 0 bridgehead atoms. The maximum Gasteiger partial charge on any atom is 0.433 e. The molecule has 0 aliphatic rings. The van der Waals surface area contributed by atoms with Crippen molar-refractivity contribution < 1.29 is 26.3 Å². The van der Waals surface area contributed by atoms with E-state index in [1.807, 2.05) is 0 Å². The third-order valence-electron chi connectivity index (χ3n) is 2.84. The van der Waals surface area contributed by atoms with Crippen LogP contribution in [0.25, 0.3) is 11.3 Å². The number of nitrogens with zero attached hydrogens (tertiary/aromatic N) is 1.